The first-order chi connectivity index (χ1) is 10.7. The lowest BCUT2D eigenvalue weighted by Gasteiger charge is -2.44. The Bertz CT molecular complexity index is 597. The quantitative estimate of drug-likeness (QED) is 0.826. The van der Waals surface area contributed by atoms with Gasteiger partial charge in [-0.1, -0.05) is 12.1 Å². The number of ether oxygens (including phenoxy) is 2. The molecule has 7 heteroatoms. The van der Waals surface area contributed by atoms with Gasteiger partial charge in [0, 0.05) is 13.1 Å². The second kappa shape index (κ2) is 6.17. The summed E-state index contributed by atoms with van der Waals surface area (Å²) in [5, 5.41) is 19.4. The number of hydrogen-bond donors (Lipinski definition) is 2. The first-order valence-corrected chi connectivity index (χ1v) is 7.24. The van der Waals surface area contributed by atoms with Crippen LogP contribution in [0.1, 0.15) is 19.4 Å². The van der Waals surface area contributed by atoms with E-state index in [9.17, 15) is 19.8 Å². The maximum absolute atomic E-state index is 12.7. The summed E-state index contributed by atoms with van der Waals surface area (Å²) in [6.45, 7) is 3.17. The molecule has 2 N–H and O–H groups in total. The van der Waals surface area contributed by atoms with E-state index in [4.69, 9.17) is 9.47 Å². The Morgan fingerprint density at radius 1 is 1.43 bits per heavy atom. The van der Waals surface area contributed by atoms with Crippen molar-refractivity contribution in [3.63, 3.8) is 0 Å². The summed E-state index contributed by atoms with van der Waals surface area (Å²) in [6, 6.07) is 7.22. The van der Waals surface area contributed by atoms with E-state index in [2.05, 4.69) is 0 Å². The standard InChI is InChI=1S/C16H21NO6/c1-15(21,14(19)20)16(2)13(18)17(8-9-23-16)10-11-4-6-12(22-3)7-5-11/h4-7,21H,8-10H2,1-3H3,(H,19,20). The number of benzene rings is 1. The first-order valence-electron chi connectivity index (χ1n) is 7.24. The lowest BCUT2D eigenvalue weighted by Crippen LogP contribution is -2.68. The van der Waals surface area contributed by atoms with Crippen molar-refractivity contribution in [2.75, 3.05) is 20.3 Å². The Hall–Kier alpha value is -2.12. The van der Waals surface area contributed by atoms with Crippen molar-refractivity contribution in [2.45, 2.75) is 31.6 Å². The summed E-state index contributed by atoms with van der Waals surface area (Å²) in [5.41, 5.74) is -3.27. The van der Waals surface area contributed by atoms with Crippen LogP contribution in [-0.4, -0.2) is 58.5 Å². The Labute approximate surface area is 134 Å². The van der Waals surface area contributed by atoms with Crippen LogP contribution in [0.4, 0.5) is 0 Å². The van der Waals surface area contributed by atoms with Crippen molar-refractivity contribution in [1.82, 2.24) is 4.90 Å². The Morgan fingerprint density at radius 3 is 2.57 bits per heavy atom. The van der Waals surface area contributed by atoms with Gasteiger partial charge in [0.15, 0.2) is 11.2 Å². The highest BCUT2D eigenvalue weighted by Gasteiger charge is 2.58. The smallest absolute Gasteiger partial charge is 0.339 e. The molecule has 2 atom stereocenters. The van der Waals surface area contributed by atoms with Crippen molar-refractivity contribution < 1.29 is 29.3 Å². The van der Waals surface area contributed by atoms with Crippen molar-refractivity contribution in [1.29, 1.82) is 0 Å². The van der Waals surface area contributed by atoms with Gasteiger partial charge in [-0.25, -0.2) is 4.79 Å². The van der Waals surface area contributed by atoms with Crippen LogP contribution < -0.4 is 4.74 Å². The highest BCUT2D eigenvalue weighted by molar-refractivity contribution is 5.94. The first kappa shape index (κ1) is 17.2. The molecule has 0 radical (unpaired) electrons. The Morgan fingerprint density at radius 2 is 2.04 bits per heavy atom. The van der Waals surface area contributed by atoms with Crippen LogP contribution in [0.15, 0.2) is 24.3 Å². The molecule has 1 aliphatic rings. The molecule has 1 aromatic rings. The maximum Gasteiger partial charge on any atom is 0.339 e. The van der Waals surface area contributed by atoms with E-state index in [0.717, 1.165) is 12.5 Å². The second-order valence-corrected chi connectivity index (χ2v) is 5.83. The highest BCUT2D eigenvalue weighted by atomic mass is 16.5. The van der Waals surface area contributed by atoms with Crippen LogP contribution >= 0.6 is 0 Å². The zero-order valence-corrected chi connectivity index (χ0v) is 13.4. The van der Waals surface area contributed by atoms with Gasteiger partial charge in [-0.05, 0) is 31.5 Å². The fraction of sp³-hybridized carbons (Fsp3) is 0.500. The summed E-state index contributed by atoms with van der Waals surface area (Å²) in [6.07, 6.45) is 0. The summed E-state index contributed by atoms with van der Waals surface area (Å²) in [4.78, 5) is 25.5. The molecule has 1 fully saturated rings. The SMILES string of the molecule is COc1ccc(CN2CCOC(C)(C(C)(O)C(=O)O)C2=O)cc1. The van der Waals surface area contributed by atoms with E-state index < -0.39 is 23.1 Å². The van der Waals surface area contributed by atoms with Crippen molar-refractivity contribution in [3.8, 4) is 5.75 Å². The van der Waals surface area contributed by atoms with Crippen molar-refractivity contribution in [3.05, 3.63) is 29.8 Å². The van der Waals surface area contributed by atoms with Crippen LogP contribution in [0.3, 0.4) is 0 Å². The molecule has 1 aromatic carbocycles. The largest absolute Gasteiger partial charge is 0.497 e. The number of carbonyl (C=O) groups is 2. The van der Waals surface area contributed by atoms with Gasteiger partial charge in [0.1, 0.15) is 5.75 Å². The molecule has 2 unspecified atom stereocenters. The van der Waals surface area contributed by atoms with E-state index in [-0.39, 0.29) is 6.61 Å². The fourth-order valence-electron chi connectivity index (χ4n) is 2.48. The Balaban J connectivity index is 2.20. The number of aliphatic hydroxyl groups is 1. The van der Waals surface area contributed by atoms with Gasteiger partial charge < -0.3 is 24.6 Å². The minimum Gasteiger partial charge on any atom is -0.497 e. The summed E-state index contributed by atoms with van der Waals surface area (Å²) < 4.78 is 10.5. The van der Waals surface area contributed by atoms with E-state index in [1.165, 1.54) is 11.8 Å². The van der Waals surface area contributed by atoms with Crippen LogP contribution in [-0.2, 0) is 20.9 Å². The predicted octanol–water partition coefficient (Wildman–Crippen LogP) is 0.648. The summed E-state index contributed by atoms with van der Waals surface area (Å²) >= 11 is 0. The van der Waals surface area contributed by atoms with Gasteiger partial charge in [0.25, 0.3) is 5.91 Å². The molecular weight excluding hydrogens is 302 g/mol. The monoisotopic (exact) mass is 323 g/mol. The molecular formula is C16H21NO6. The number of morpholine rings is 1. The van der Waals surface area contributed by atoms with Crippen LogP contribution in [0.2, 0.25) is 0 Å². The van der Waals surface area contributed by atoms with Gasteiger partial charge in [-0.2, -0.15) is 0 Å². The number of rotatable bonds is 5. The van der Waals surface area contributed by atoms with Crippen molar-refractivity contribution >= 4 is 11.9 Å². The zero-order chi connectivity index (χ0) is 17.3. The normalized spacial score (nSPS) is 24.2. The molecule has 126 valence electrons. The van der Waals surface area contributed by atoms with Gasteiger partial charge in [-0.15, -0.1) is 0 Å². The molecule has 0 saturated carbocycles. The van der Waals surface area contributed by atoms with Crippen LogP contribution in [0, 0.1) is 0 Å². The molecule has 2 rings (SSSR count). The topological polar surface area (TPSA) is 96.3 Å². The molecule has 0 spiro atoms. The number of hydrogen-bond acceptors (Lipinski definition) is 5. The predicted molar refractivity (Wildman–Crippen MR) is 81.0 cm³/mol. The van der Waals surface area contributed by atoms with Crippen LogP contribution in [0.25, 0.3) is 0 Å². The third kappa shape index (κ3) is 3.02. The number of amides is 1. The third-order valence-electron chi connectivity index (χ3n) is 4.33. The molecule has 1 saturated heterocycles. The molecule has 7 nitrogen and oxygen atoms in total. The minimum atomic E-state index is -2.32. The highest BCUT2D eigenvalue weighted by Crippen LogP contribution is 2.32. The van der Waals surface area contributed by atoms with E-state index >= 15 is 0 Å². The number of carboxylic acids is 1. The third-order valence-corrected chi connectivity index (χ3v) is 4.33. The molecule has 0 aromatic heterocycles. The fourth-order valence-corrected chi connectivity index (χ4v) is 2.48. The number of nitrogens with zero attached hydrogens (tertiary/aromatic N) is 1. The second-order valence-electron chi connectivity index (χ2n) is 5.83. The van der Waals surface area contributed by atoms with Crippen LogP contribution in [0.5, 0.6) is 5.75 Å². The average molecular weight is 323 g/mol. The number of carbonyl (C=O) groups excluding carboxylic acids is 1. The van der Waals surface area contributed by atoms with Gasteiger partial charge in [-0.3, -0.25) is 4.79 Å². The van der Waals surface area contributed by atoms with Gasteiger partial charge >= 0.3 is 5.97 Å². The lowest BCUT2D eigenvalue weighted by molar-refractivity contribution is -0.217. The molecule has 0 aliphatic carbocycles. The Kier molecular flexibility index (Phi) is 4.63. The summed E-state index contributed by atoms with van der Waals surface area (Å²) in [7, 11) is 1.57. The number of aliphatic carboxylic acids is 1. The number of methoxy groups -OCH3 is 1. The average Bonchev–Trinajstić information content (AvgIpc) is 2.52. The van der Waals surface area contributed by atoms with E-state index in [1.54, 1.807) is 19.2 Å². The zero-order valence-electron chi connectivity index (χ0n) is 13.4. The summed E-state index contributed by atoms with van der Waals surface area (Å²) in [5.74, 6) is -1.34. The molecule has 23 heavy (non-hydrogen) atoms. The molecule has 1 aliphatic heterocycles. The maximum atomic E-state index is 12.7. The molecule has 1 amide bonds. The lowest BCUT2D eigenvalue weighted by atomic mass is 9.83. The molecule has 1 heterocycles. The van der Waals surface area contributed by atoms with Gasteiger partial charge in [0.2, 0.25) is 0 Å². The minimum absolute atomic E-state index is 0.155. The van der Waals surface area contributed by atoms with Gasteiger partial charge in [0.05, 0.1) is 13.7 Å². The van der Waals surface area contributed by atoms with E-state index in [0.29, 0.717) is 18.8 Å². The number of carboxylic acid groups (broad SMARTS) is 1. The van der Waals surface area contributed by atoms with E-state index in [1.807, 2.05) is 12.1 Å². The van der Waals surface area contributed by atoms with Crippen molar-refractivity contribution in [2.24, 2.45) is 0 Å². The molecule has 0 bridgehead atoms.